The molecule has 0 spiro atoms. The maximum Gasteiger partial charge on any atom is 0.182 e. The summed E-state index contributed by atoms with van der Waals surface area (Å²) >= 11 is 0. The first-order chi connectivity index (χ1) is 12.2. The SMILES string of the molecule is O=C(CC1CCCCC1)C1(c2ccncc2)OC1c1ccc(F)cc1. The van der Waals surface area contributed by atoms with Gasteiger partial charge in [0.25, 0.3) is 0 Å². The third-order valence-corrected chi connectivity index (χ3v) is 5.51. The molecule has 3 nitrogen and oxygen atoms in total. The molecule has 0 N–H and O–H groups in total. The minimum Gasteiger partial charge on any atom is -0.347 e. The number of rotatable bonds is 5. The van der Waals surface area contributed by atoms with Crippen molar-refractivity contribution in [2.45, 2.75) is 50.2 Å². The second-order valence-electron chi connectivity index (χ2n) is 7.15. The van der Waals surface area contributed by atoms with Gasteiger partial charge >= 0.3 is 0 Å². The highest BCUT2D eigenvalue weighted by Gasteiger charge is 2.63. The van der Waals surface area contributed by atoms with Crippen LogP contribution in [-0.2, 0) is 15.1 Å². The van der Waals surface area contributed by atoms with Crippen LogP contribution in [0.4, 0.5) is 4.39 Å². The Morgan fingerprint density at radius 1 is 1.08 bits per heavy atom. The van der Waals surface area contributed by atoms with E-state index in [9.17, 15) is 9.18 Å². The highest BCUT2D eigenvalue weighted by molar-refractivity contribution is 5.92. The number of pyridine rings is 1. The van der Waals surface area contributed by atoms with Crippen LogP contribution >= 0.6 is 0 Å². The molecule has 130 valence electrons. The fraction of sp³-hybridized carbons (Fsp3) is 0.429. The Bertz CT molecular complexity index is 740. The summed E-state index contributed by atoms with van der Waals surface area (Å²) in [6.45, 7) is 0. The molecule has 0 amide bonds. The molecular weight excluding hydrogens is 317 g/mol. The predicted octanol–water partition coefficient (Wildman–Crippen LogP) is 4.73. The fourth-order valence-corrected chi connectivity index (χ4v) is 4.09. The van der Waals surface area contributed by atoms with Crippen LogP contribution in [-0.4, -0.2) is 10.8 Å². The van der Waals surface area contributed by atoms with Crippen LogP contribution in [0.1, 0.15) is 55.8 Å². The Morgan fingerprint density at radius 3 is 2.44 bits per heavy atom. The van der Waals surface area contributed by atoms with E-state index in [4.69, 9.17) is 4.74 Å². The van der Waals surface area contributed by atoms with Gasteiger partial charge in [0.15, 0.2) is 11.4 Å². The number of benzene rings is 1. The van der Waals surface area contributed by atoms with Gasteiger partial charge in [-0.25, -0.2) is 4.39 Å². The third-order valence-electron chi connectivity index (χ3n) is 5.51. The van der Waals surface area contributed by atoms with E-state index in [1.165, 1.54) is 31.4 Å². The molecule has 1 saturated heterocycles. The first-order valence-corrected chi connectivity index (χ1v) is 9.07. The number of ketones is 1. The number of hydrogen-bond acceptors (Lipinski definition) is 3. The normalized spacial score (nSPS) is 26.4. The summed E-state index contributed by atoms with van der Waals surface area (Å²) in [4.78, 5) is 17.3. The highest BCUT2D eigenvalue weighted by atomic mass is 19.1. The molecule has 1 aromatic heterocycles. The summed E-state index contributed by atoms with van der Waals surface area (Å²) in [5.41, 5.74) is 0.755. The smallest absolute Gasteiger partial charge is 0.182 e. The van der Waals surface area contributed by atoms with Crippen LogP contribution in [0.3, 0.4) is 0 Å². The molecule has 1 saturated carbocycles. The van der Waals surface area contributed by atoms with E-state index < -0.39 is 5.60 Å². The topological polar surface area (TPSA) is 42.5 Å². The number of hydrogen-bond donors (Lipinski definition) is 0. The molecule has 1 aliphatic heterocycles. The first kappa shape index (κ1) is 16.4. The van der Waals surface area contributed by atoms with Crippen molar-refractivity contribution in [1.29, 1.82) is 0 Å². The Balaban J connectivity index is 1.61. The van der Waals surface area contributed by atoms with Gasteiger partial charge in [-0.15, -0.1) is 0 Å². The Kier molecular flexibility index (Phi) is 4.38. The van der Waals surface area contributed by atoms with E-state index in [0.717, 1.165) is 24.0 Å². The number of Topliss-reactive ketones (excluding diaryl/α,β-unsaturated/α-hetero) is 1. The summed E-state index contributed by atoms with van der Waals surface area (Å²) in [6, 6.07) is 9.94. The number of carbonyl (C=O) groups excluding carboxylic acids is 1. The molecule has 2 aromatic rings. The Hall–Kier alpha value is -2.07. The number of halogens is 1. The number of epoxide rings is 1. The van der Waals surface area contributed by atoms with Crippen molar-refractivity contribution < 1.29 is 13.9 Å². The third kappa shape index (κ3) is 3.11. The van der Waals surface area contributed by atoms with Gasteiger partial charge in [-0.05, 0) is 41.3 Å². The van der Waals surface area contributed by atoms with Crippen LogP contribution in [0.25, 0.3) is 0 Å². The first-order valence-electron chi connectivity index (χ1n) is 9.07. The standard InChI is InChI=1S/C21H22FNO2/c22-18-8-6-16(7-9-18)20-21(25-20,17-10-12-23-13-11-17)19(24)14-15-4-2-1-3-5-15/h6-13,15,20H,1-5,14H2. The predicted molar refractivity (Wildman–Crippen MR) is 92.3 cm³/mol. The van der Waals surface area contributed by atoms with Crippen molar-refractivity contribution in [2.75, 3.05) is 0 Å². The van der Waals surface area contributed by atoms with Gasteiger partial charge in [0, 0.05) is 18.8 Å². The van der Waals surface area contributed by atoms with E-state index in [1.807, 2.05) is 12.1 Å². The lowest BCUT2D eigenvalue weighted by molar-refractivity contribution is -0.125. The van der Waals surface area contributed by atoms with E-state index in [-0.39, 0.29) is 17.7 Å². The van der Waals surface area contributed by atoms with E-state index in [2.05, 4.69) is 4.98 Å². The van der Waals surface area contributed by atoms with Crippen molar-refractivity contribution >= 4 is 5.78 Å². The summed E-state index contributed by atoms with van der Waals surface area (Å²) in [6.07, 6.45) is 9.54. The van der Waals surface area contributed by atoms with Crippen LogP contribution in [0.5, 0.6) is 0 Å². The number of aromatic nitrogens is 1. The van der Waals surface area contributed by atoms with E-state index >= 15 is 0 Å². The number of ether oxygens (including phenoxy) is 1. The molecule has 2 fully saturated rings. The highest BCUT2D eigenvalue weighted by Crippen LogP contribution is 2.58. The monoisotopic (exact) mass is 339 g/mol. The number of carbonyl (C=O) groups is 1. The zero-order chi connectivity index (χ0) is 17.3. The quantitative estimate of drug-likeness (QED) is 0.740. The molecule has 1 aromatic carbocycles. The van der Waals surface area contributed by atoms with Gasteiger partial charge in [0.2, 0.25) is 0 Å². The second kappa shape index (κ2) is 6.68. The van der Waals surface area contributed by atoms with Crippen molar-refractivity contribution in [2.24, 2.45) is 5.92 Å². The van der Waals surface area contributed by atoms with E-state index in [1.54, 1.807) is 24.5 Å². The molecular formula is C21H22FNO2. The zero-order valence-electron chi connectivity index (χ0n) is 14.2. The van der Waals surface area contributed by atoms with Crippen molar-refractivity contribution in [3.63, 3.8) is 0 Å². The molecule has 25 heavy (non-hydrogen) atoms. The van der Waals surface area contributed by atoms with Gasteiger partial charge < -0.3 is 4.74 Å². The summed E-state index contributed by atoms with van der Waals surface area (Å²) in [7, 11) is 0. The molecule has 0 bridgehead atoms. The largest absolute Gasteiger partial charge is 0.347 e. The molecule has 2 atom stereocenters. The molecule has 2 heterocycles. The summed E-state index contributed by atoms with van der Waals surface area (Å²) in [5.74, 6) is 0.311. The van der Waals surface area contributed by atoms with Gasteiger partial charge in [0.05, 0.1) is 0 Å². The lowest BCUT2D eigenvalue weighted by Crippen LogP contribution is -2.26. The van der Waals surface area contributed by atoms with Crippen LogP contribution in [0, 0.1) is 11.7 Å². The van der Waals surface area contributed by atoms with Gasteiger partial charge in [-0.3, -0.25) is 9.78 Å². The van der Waals surface area contributed by atoms with Crippen molar-refractivity contribution in [3.05, 3.63) is 65.7 Å². The maximum absolute atomic E-state index is 13.2. The van der Waals surface area contributed by atoms with Crippen LogP contribution in [0.2, 0.25) is 0 Å². The maximum atomic E-state index is 13.2. The minimum absolute atomic E-state index is 0.139. The van der Waals surface area contributed by atoms with Gasteiger partial charge in [-0.1, -0.05) is 44.2 Å². The van der Waals surface area contributed by atoms with E-state index in [0.29, 0.717) is 12.3 Å². The van der Waals surface area contributed by atoms with Gasteiger partial charge in [-0.2, -0.15) is 0 Å². The Labute approximate surface area is 147 Å². The Morgan fingerprint density at radius 2 is 1.76 bits per heavy atom. The second-order valence-corrected chi connectivity index (χ2v) is 7.15. The van der Waals surface area contributed by atoms with Gasteiger partial charge in [0.1, 0.15) is 11.9 Å². The fourth-order valence-electron chi connectivity index (χ4n) is 4.09. The van der Waals surface area contributed by atoms with Crippen LogP contribution in [0.15, 0.2) is 48.8 Å². The average molecular weight is 339 g/mol. The molecule has 0 radical (unpaired) electrons. The van der Waals surface area contributed by atoms with Crippen molar-refractivity contribution in [1.82, 2.24) is 4.98 Å². The van der Waals surface area contributed by atoms with Crippen LogP contribution < -0.4 is 0 Å². The minimum atomic E-state index is -0.932. The molecule has 2 unspecified atom stereocenters. The number of nitrogens with zero attached hydrogens (tertiary/aromatic N) is 1. The lowest BCUT2D eigenvalue weighted by atomic mass is 9.80. The summed E-state index contributed by atoms with van der Waals surface area (Å²) in [5, 5.41) is 0. The molecule has 1 aliphatic carbocycles. The summed E-state index contributed by atoms with van der Waals surface area (Å²) < 4.78 is 19.3. The molecule has 2 aliphatic rings. The molecule has 4 heteroatoms. The average Bonchev–Trinajstić information content (AvgIpc) is 3.41. The zero-order valence-corrected chi connectivity index (χ0v) is 14.2. The van der Waals surface area contributed by atoms with Crippen molar-refractivity contribution in [3.8, 4) is 0 Å². The molecule has 4 rings (SSSR count). The lowest BCUT2D eigenvalue weighted by Gasteiger charge is -2.22.